The minimum absolute atomic E-state index is 0.0408. The molecule has 0 atom stereocenters. The van der Waals surface area contributed by atoms with Crippen LogP contribution in [0.4, 0.5) is 5.82 Å². The molecule has 0 fully saturated rings. The Hall–Kier alpha value is -2.82. The largest absolute Gasteiger partial charge is 0.483 e. The molecule has 0 unspecified atom stereocenters. The summed E-state index contributed by atoms with van der Waals surface area (Å²) in [4.78, 5) is 12.2. The third-order valence-corrected chi connectivity index (χ3v) is 3.63. The van der Waals surface area contributed by atoms with Gasteiger partial charge in [0.15, 0.2) is 6.61 Å². The van der Waals surface area contributed by atoms with Crippen LogP contribution in [0.25, 0.3) is 10.8 Å². The number of aromatic nitrogens is 2. The quantitative estimate of drug-likeness (QED) is 0.752. The molecule has 124 valence electrons. The molecule has 24 heavy (non-hydrogen) atoms. The zero-order valence-corrected chi connectivity index (χ0v) is 13.9. The molecule has 0 saturated heterocycles. The molecule has 3 aromatic rings. The van der Waals surface area contributed by atoms with Gasteiger partial charge in [-0.2, -0.15) is 5.10 Å². The van der Waals surface area contributed by atoms with Crippen LogP contribution in [0.15, 0.2) is 54.7 Å². The second kappa shape index (κ2) is 7.17. The lowest BCUT2D eigenvalue weighted by Crippen LogP contribution is -2.22. The number of hydrogen-bond donors (Lipinski definition) is 1. The van der Waals surface area contributed by atoms with Crippen LogP contribution in [0.3, 0.4) is 0 Å². The maximum Gasteiger partial charge on any atom is 0.263 e. The van der Waals surface area contributed by atoms with E-state index in [-0.39, 0.29) is 12.5 Å². The molecule has 1 aromatic heterocycles. The van der Waals surface area contributed by atoms with E-state index in [0.717, 1.165) is 17.3 Å². The van der Waals surface area contributed by atoms with Gasteiger partial charge in [0, 0.05) is 18.0 Å². The van der Waals surface area contributed by atoms with Crippen molar-refractivity contribution in [1.82, 2.24) is 9.78 Å². The SMILES string of the molecule is CC(C)Cn1nccc1NC(=O)COc1cccc2ccccc12. The summed E-state index contributed by atoms with van der Waals surface area (Å²) in [5.74, 6) is 1.65. The van der Waals surface area contributed by atoms with E-state index < -0.39 is 0 Å². The lowest BCUT2D eigenvalue weighted by molar-refractivity contribution is -0.118. The number of nitrogens with one attached hydrogen (secondary N) is 1. The van der Waals surface area contributed by atoms with Crippen molar-refractivity contribution < 1.29 is 9.53 Å². The predicted molar refractivity (Wildman–Crippen MR) is 95.1 cm³/mol. The fraction of sp³-hybridized carbons (Fsp3) is 0.263. The highest BCUT2D eigenvalue weighted by Gasteiger charge is 2.10. The molecule has 0 aliphatic rings. The van der Waals surface area contributed by atoms with Crippen LogP contribution in [-0.2, 0) is 11.3 Å². The average Bonchev–Trinajstić information content (AvgIpc) is 2.99. The fourth-order valence-electron chi connectivity index (χ4n) is 2.57. The number of fused-ring (bicyclic) bond motifs is 1. The van der Waals surface area contributed by atoms with Crippen molar-refractivity contribution in [2.75, 3.05) is 11.9 Å². The number of rotatable bonds is 6. The summed E-state index contributed by atoms with van der Waals surface area (Å²) in [5, 5.41) is 9.17. The van der Waals surface area contributed by atoms with Gasteiger partial charge in [-0.3, -0.25) is 4.79 Å². The van der Waals surface area contributed by atoms with Crippen LogP contribution in [0.2, 0.25) is 0 Å². The van der Waals surface area contributed by atoms with E-state index >= 15 is 0 Å². The molecule has 0 spiro atoms. The van der Waals surface area contributed by atoms with E-state index in [4.69, 9.17) is 4.74 Å². The van der Waals surface area contributed by atoms with Crippen molar-refractivity contribution in [1.29, 1.82) is 0 Å². The smallest absolute Gasteiger partial charge is 0.263 e. The molecular weight excluding hydrogens is 302 g/mol. The van der Waals surface area contributed by atoms with Crippen molar-refractivity contribution in [3.63, 3.8) is 0 Å². The Morgan fingerprint density at radius 2 is 1.96 bits per heavy atom. The molecule has 0 saturated carbocycles. The number of carbonyl (C=O) groups excluding carboxylic acids is 1. The van der Waals surface area contributed by atoms with E-state index in [2.05, 4.69) is 24.3 Å². The topological polar surface area (TPSA) is 56.2 Å². The van der Waals surface area contributed by atoms with Crippen LogP contribution in [0.1, 0.15) is 13.8 Å². The first kappa shape index (κ1) is 16.1. The second-order valence-electron chi connectivity index (χ2n) is 6.11. The number of amides is 1. The second-order valence-corrected chi connectivity index (χ2v) is 6.11. The van der Waals surface area contributed by atoms with E-state index in [1.165, 1.54) is 0 Å². The fourth-order valence-corrected chi connectivity index (χ4v) is 2.57. The van der Waals surface area contributed by atoms with E-state index in [1.54, 1.807) is 16.9 Å². The van der Waals surface area contributed by atoms with Crippen LogP contribution in [0.5, 0.6) is 5.75 Å². The molecule has 0 bridgehead atoms. The number of ether oxygens (including phenoxy) is 1. The average molecular weight is 323 g/mol. The molecular formula is C19H21N3O2. The van der Waals surface area contributed by atoms with Crippen molar-refractivity contribution in [2.45, 2.75) is 20.4 Å². The van der Waals surface area contributed by atoms with Crippen LogP contribution >= 0.6 is 0 Å². The Labute approximate surface area is 141 Å². The van der Waals surface area contributed by atoms with Gasteiger partial charge in [0.2, 0.25) is 0 Å². The highest BCUT2D eigenvalue weighted by atomic mass is 16.5. The van der Waals surface area contributed by atoms with Crippen LogP contribution in [0, 0.1) is 5.92 Å². The number of carbonyl (C=O) groups is 1. The highest BCUT2D eigenvalue weighted by Crippen LogP contribution is 2.25. The van der Waals surface area contributed by atoms with Gasteiger partial charge >= 0.3 is 0 Å². The molecule has 5 nitrogen and oxygen atoms in total. The zero-order chi connectivity index (χ0) is 16.9. The summed E-state index contributed by atoms with van der Waals surface area (Å²) >= 11 is 0. The van der Waals surface area contributed by atoms with Crippen LogP contribution in [-0.4, -0.2) is 22.3 Å². The standard InChI is InChI=1S/C19H21N3O2/c1-14(2)12-22-18(10-11-20-22)21-19(23)13-24-17-9-5-7-15-6-3-4-8-16(15)17/h3-11,14H,12-13H2,1-2H3,(H,21,23). The van der Waals surface area contributed by atoms with Gasteiger partial charge < -0.3 is 10.1 Å². The van der Waals surface area contributed by atoms with E-state index in [9.17, 15) is 4.79 Å². The molecule has 2 aromatic carbocycles. The molecule has 1 N–H and O–H groups in total. The minimum Gasteiger partial charge on any atom is -0.483 e. The molecule has 1 heterocycles. The lowest BCUT2D eigenvalue weighted by atomic mass is 10.1. The van der Waals surface area contributed by atoms with Crippen molar-refractivity contribution in [3.8, 4) is 5.75 Å². The lowest BCUT2D eigenvalue weighted by Gasteiger charge is -2.12. The van der Waals surface area contributed by atoms with E-state index in [1.807, 2.05) is 42.5 Å². The molecule has 1 amide bonds. The van der Waals surface area contributed by atoms with Gasteiger partial charge in [-0.1, -0.05) is 50.2 Å². The summed E-state index contributed by atoms with van der Waals surface area (Å²) < 4.78 is 7.50. The molecule has 0 radical (unpaired) electrons. The molecule has 5 heteroatoms. The molecule has 0 aliphatic carbocycles. The highest BCUT2D eigenvalue weighted by molar-refractivity contribution is 5.92. The van der Waals surface area contributed by atoms with Gasteiger partial charge in [0.1, 0.15) is 11.6 Å². The summed E-state index contributed by atoms with van der Waals surface area (Å²) in [6.45, 7) is 4.93. The number of anilines is 1. The van der Waals surface area contributed by atoms with Gasteiger partial charge in [-0.05, 0) is 17.4 Å². The van der Waals surface area contributed by atoms with Crippen molar-refractivity contribution in [2.24, 2.45) is 5.92 Å². The van der Waals surface area contributed by atoms with Gasteiger partial charge in [0.05, 0.1) is 6.20 Å². The maximum absolute atomic E-state index is 12.2. The van der Waals surface area contributed by atoms with E-state index in [0.29, 0.717) is 17.5 Å². The summed E-state index contributed by atoms with van der Waals surface area (Å²) in [6.07, 6.45) is 1.68. The Morgan fingerprint density at radius 1 is 1.17 bits per heavy atom. The summed E-state index contributed by atoms with van der Waals surface area (Å²) in [5.41, 5.74) is 0. The third-order valence-electron chi connectivity index (χ3n) is 3.63. The van der Waals surface area contributed by atoms with Crippen LogP contribution < -0.4 is 10.1 Å². The van der Waals surface area contributed by atoms with Gasteiger partial charge in [-0.15, -0.1) is 0 Å². The number of benzene rings is 2. The monoisotopic (exact) mass is 323 g/mol. The first-order valence-corrected chi connectivity index (χ1v) is 8.05. The first-order chi connectivity index (χ1) is 11.6. The van der Waals surface area contributed by atoms with Crippen molar-refractivity contribution in [3.05, 3.63) is 54.7 Å². The summed E-state index contributed by atoms with van der Waals surface area (Å²) in [7, 11) is 0. The Morgan fingerprint density at radius 3 is 2.79 bits per heavy atom. The first-order valence-electron chi connectivity index (χ1n) is 8.05. The normalized spacial score (nSPS) is 11.0. The number of hydrogen-bond acceptors (Lipinski definition) is 3. The molecule has 0 aliphatic heterocycles. The maximum atomic E-state index is 12.2. The Bertz CT molecular complexity index is 834. The molecule has 3 rings (SSSR count). The number of nitrogens with zero attached hydrogens (tertiary/aromatic N) is 2. The third kappa shape index (κ3) is 3.74. The Balaban J connectivity index is 1.64. The Kier molecular flexibility index (Phi) is 4.79. The van der Waals surface area contributed by atoms with Gasteiger partial charge in [0.25, 0.3) is 5.91 Å². The predicted octanol–water partition coefficient (Wildman–Crippen LogP) is 3.71. The summed E-state index contributed by atoms with van der Waals surface area (Å²) in [6, 6.07) is 15.6. The minimum atomic E-state index is -0.201. The van der Waals surface area contributed by atoms with Crippen molar-refractivity contribution >= 4 is 22.5 Å². The van der Waals surface area contributed by atoms with Gasteiger partial charge in [-0.25, -0.2) is 4.68 Å². The zero-order valence-electron chi connectivity index (χ0n) is 13.9.